The Kier molecular flexibility index (Phi) is 5.37. The molecule has 0 spiro atoms. The molecule has 0 atom stereocenters. The zero-order valence-corrected chi connectivity index (χ0v) is 21.1. The molecule has 0 radical (unpaired) electrons. The van der Waals surface area contributed by atoms with Gasteiger partial charge in [-0.3, -0.25) is 4.79 Å². The van der Waals surface area contributed by atoms with E-state index in [1.54, 1.807) is 0 Å². The van der Waals surface area contributed by atoms with E-state index >= 15 is 0 Å². The van der Waals surface area contributed by atoms with Gasteiger partial charge in [0, 0.05) is 66.4 Å². The van der Waals surface area contributed by atoms with Crippen molar-refractivity contribution in [2.45, 2.75) is 20.8 Å². The van der Waals surface area contributed by atoms with Gasteiger partial charge in [0.15, 0.2) is 0 Å². The number of hydrogen-bond donors (Lipinski definition) is 5. The summed E-state index contributed by atoms with van der Waals surface area (Å²) in [5.41, 5.74) is 6.24. The molecule has 8 bridgehead atoms. The molecule has 6 rings (SSSR count). The number of H-pyrrole nitrogens is 4. The molecule has 0 saturated heterocycles. The number of rotatable bonds is 2. The molecule has 37 heavy (non-hydrogen) atoms. The summed E-state index contributed by atoms with van der Waals surface area (Å²) in [6, 6.07) is 22.5. The lowest BCUT2D eigenvalue weighted by molar-refractivity contribution is -0.123. The highest BCUT2D eigenvalue weighted by Crippen LogP contribution is 2.27. The number of carbonyl (C=O) groups excluding carboxylic acids is 1. The van der Waals surface area contributed by atoms with Gasteiger partial charge in [0.1, 0.15) is 0 Å². The van der Waals surface area contributed by atoms with Crippen LogP contribution in [0.2, 0.25) is 0 Å². The summed E-state index contributed by atoms with van der Waals surface area (Å²) in [6.07, 6.45) is 8.38. The van der Waals surface area contributed by atoms with Gasteiger partial charge < -0.3 is 25.3 Å². The van der Waals surface area contributed by atoms with Gasteiger partial charge in [-0.25, -0.2) is 0 Å². The summed E-state index contributed by atoms with van der Waals surface area (Å²) in [6.45, 7) is 5.75. The molecule has 4 aromatic heterocycles. The van der Waals surface area contributed by atoms with E-state index < -0.39 is 5.41 Å². The van der Waals surface area contributed by atoms with E-state index in [0.717, 1.165) is 61.0 Å². The molecular weight excluding hydrogens is 458 g/mol. The normalized spacial score (nSPS) is 12.6. The van der Waals surface area contributed by atoms with Crippen molar-refractivity contribution in [2.75, 3.05) is 5.32 Å². The van der Waals surface area contributed by atoms with Crippen LogP contribution in [0.5, 0.6) is 0 Å². The number of fused-ring (bicyclic) bond motifs is 8. The molecular formula is C31H29N5O. The molecule has 0 unspecified atom stereocenters. The molecule has 1 aromatic carbocycles. The van der Waals surface area contributed by atoms with Gasteiger partial charge in [0.2, 0.25) is 5.91 Å². The Balaban J connectivity index is 1.56. The standard InChI is InChI=1S/C31H29N5O/c1-31(2,3)30(37)36-28-7-5-4-6-26(28)27-17-25-16-23-11-10-21(33-23)14-19-8-9-20(32-19)15-22-12-13-24(34-22)18-29(27)35-25/h4-18,32-35H,1-3H3,(H,36,37). The van der Waals surface area contributed by atoms with Crippen molar-refractivity contribution in [3.8, 4) is 11.1 Å². The van der Waals surface area contributed by atoms with E-state index in [0.29, 0.717) is 0 Å². The fourth-order valence-electron chi connectivity index (χ4n) is 4.50. The van der Waals surface area contributed by atoms with Crippen LogP contribution in [0.1, 0.15) is 43.5 Å². The van der Waals surface area contributed by atoms with Crippen molar-refractivity contribution in [1.82, 2.24) is 19.9 Å². The number of carbonyl (C=O) groups is 1. The van der Waals surface area contributed by atoms with Crippen LogP contribution >= 0.6 is 0 Å². The van der Waals surface area contributed by atoms with Gasteiger partial charge in [-0.05, 0) is 72.8 Å². The number of benzene rings is 1. The first-order valence-corrected chi connectivity index (χ1v) is 12.4. The van der Waals surface area contributed by atoms with Gasteiger partial charge >= 0.3 is 0 Å². The summed E-state index contributed by atoms with van der Waals surface area (Å²) < 4.78 is 0. The molecule has 0 fully saturated rings. The third kappa shape index (κ3) is 4.74. The van der Waals surface area contributed by atoms with Gasteiger partial charge in [-0.1, -0.05) is 39.0 Å². The molecule has 1 aliphatic heterocycles. The monoisotopic (exact) mass is 487 g/mol. The third-order valence-corrected chi connectivity index (χ3v) is 6.44. The van der Waals surface area contributed by atoms with Gasteiger partial charge in [0.25, 0.3) is 0 Å². The number of para-hydroxylation sites is 1. The van der Waals surface area contributed by atoms with E-state index in [-0.39, 0.29) is 5.91 Å². The highest BCUT2D eigenvalue weighted by atomic mass is 16.2. The molecule has 184 valence electrons. The maximum absolute atomic E-state index is 12.8. The van der Waals surface area contributed by atoms with E-state index in [4.69, 9.17) is 0 Å². The third-order valence-electron chi connectivity index (χ3n) is 6.44. The average molecular weight is 488 g/mol. The Hall–Kier alpha value is -4.71. The average Bonchev–Trinajstić information content (AvgIpc) is 3.64. The lowest BCUT2D eigenvalue weighted by Gasteiger charge is -2.19. The van der Waals surface area contributed by atoms with Crippen molar-refractivity contribution >= 4 is 35.9 Å². The van der Waals surface area contributed by atoms with Crippen LogP contribution in [0.4, 0.5) is 5.69 Å². The maximum Gasteiger partial charge on any atom is 0.229 e. The fraction of sp³-hybridized carbons (Fsp3) is 0.129. The Bertz CT molecular complexity index is 1870. The van der Waals surface area contributed by atoms with Crippen LogP contribution in [0.3, 0.4) is 0 Å². The molecule has 5 aromatic rings. The van der Waals surface area contributed by atoms with E-state index in [9.17, 15) is 4.79 Å². The van der Waals surface area contributed by atoms with Gasteiger partial charge in [-0.15, -0.1) is 0 Å². The number of amides is 1. The summed E-state index contributed by atoms with van der Waals surface area (Å²) >= 11 is 0. The van der Waals surface area contributed by atoms with Crippen molar-refractivity contribution in [2.24, 2.45) is 5.41 Å². The van der Waals surface area contributed by atoms with Crippen molar-refractivity contribution in [3.63, 3.8) is 0 Å². The first-order chi connectivity index (χ1) is 17.8. The van der Waals surface area contributed by atoms with Crippen LogP contribution < -0.4 is 26.7 Å². The number of hydrogen-bond acceptors (Lipinski definition) is 1. The minimum atomic E-state index is -0.498. The smallest absolute Gasteiger partial charge is 0.229 e. The van der Waals surface area contributed by atoms with Gasteiger partial charge in [0.05, 0.1) is 0 Å². The SMILES string of the molecule is CC(C)(C)C(=O)Nc1ccccc1-c1cc2[nH]c1=Cc1ccc([nH]1)C=c1ccc([nH]1)=Cc1ccc([nH]1)C=2. The van der Waals surface area contributed by atoms with Crippen molar-refractivity contribution < 1.29 is 4.79 Å². The van der Waals surface area contributed by atoms with Crippen LogP contribution in [0, 0.1) is 5.41 Å². The van der Waals surface area contributed by atoms with E-state index in [1.807, 2.05) is 45.0 Å². The molecule has 5 N–H and O–H groups in total. The number of anilines is 1. The van der Waals surface area contributed by atoms with Crippen LogP contribution in [0.15, 0.2) is 66.7 Å². The molecule has 0 saturated carbocycles. The minimum Gasteiger partial charge on any atom is -0.355 e. The second-order valence-corrected chi connectivity index (χ2v) is 10.5. The van der Waals surface area contributed by atoms with Crippen LogP contribution in [-0.2, 0) is 4.79 Å². The second kappa shape index (κ2) is 8.75. The number of aromatic amines is 4. The van der Waals surface area contributed by atoms with Crippen molar-refractivity contribution in [1.29, 1.82) is 0 Å². The second-order valence-electron chi connectivity index (χ2n) is 10.5. The van der Waals surface area contributed by atoms with E-state index in [1.165, 1.54) is 0 Å². The Labute approximate surface area is 214 Å². The highest BCUT2D eigenvalue weighted by Gasteiger charge is 2.22. The summed E-state index contributed by atoms with van der Waals surface area (Å²) in [5.74, 6) is -0.0228. The molecule has 5 heterocycles. The quantitative estimate of drug-likeness (QED) is 0.255. The minimum absolute atomic E-state index is 0.0228. The summed E-state index contributed by atoms with van der Waals surface area (Å²) in [5, 5.41) is 7.10. The molecule has 0 aliphatic carbocycles. The summed E-state index contributed by atoms with van der Waals surface area (Å²) in [7, 11) is 0. The number of aromatic nitrogens is 4. The molecule has 6 nitrogen and oxygen atoms in total. The first kappa shape index (κ1) is 22.7. The zero-order valence-electron chi connectivity index (χ0n) is 21.1. The predicted molar refractivity (Wildman–Crippen MR) is 149 cm³/mol. The first-order valence-electron chi connectivity index (χ1n) is 12.4. The van der Waals surface area contributed by atoms with Crippen LogP contribution in [0.25, 0.3) is 35.4 Å². The highest BCUT2D eigenvalue weighted by molar-refractivity contribution is 5.98. The number of nitrogens with one attached hydrogen (secondary N) is 5. The Morgan fingerprint density at radius 3 is 1.81 bits per heavy atom. The zero-order chi connectivity index (χ0) is 25.6. The molecule has 1 aliphatic rings. The molecule has 1 amide bonds. The lowest BCUT2D eigenvalue weighted by Crippen LogP contribution is -2.28. The van der Waals surface area contributed by atoms with Gasteiger partial charge in [-0.2, -0.15) is 0 Å². The Morgan fingerprint density at radius 1 is 0.622 bits per heavy atom. The Morgan fingerprint density at radius 2 is 1.19 bits per heavy atom. The van der Waals surface area contributed by atoms with Crippen LogP contribution in [-0.4, -0.2) is 25.8 Å². The molecule has 6 heteroatoms. The van der Waals surface area contributed by atoms with E-state index in [2.05, 4.69) is 92.0 Å². The predicted octanol–water partition coefficient (Wildman–Crippen LogP) is 3.28. The van der Waals surface area contributed by atoms with Crippen molar-refractivity contribution in [3.05, 3.63) is 111 Å². The largest absolute Gasteiger partial charge is 0.355 e. The fourth-order valence-corrected chi connectivity index (χ4v) is 4.50. The lowest BCUT2D eigenvalue weighted by atomic mass is 9.95. The summed E-state index contributed by atoms with van der Waals surface area (Å²) in [4.78, 5) is 26.8. The maximum atomic E-state index is 12.8. The topological polar surface area (TPSA) is 92.3 Å².